The van der Waals surface area contributed by atoms with Crippen LogP contribution in [0.2, 0.25) is 5.02 Å². The predicted molar refractivity (Wildman–Crippen MR) is 113 cm³/mol. The number of nitrogens with one attached hydrogen (secondary N) is 1. The fourth-order valence-electron chi connectivity index (χ4n) is 2.80. The quantitative estimate of drug-likeness (QED) is 0.405. The first-order valence-electron chi connectivity index (χ1n) is 8.05. The van der Waals surface area contributed by atoms with E-state index in [1.807, 2.05) is 12.1 Å². The molecular weight excluding hydrogens is 403 g/mol. The van der Waals surface area contributed by atoms with Crippen molar-refractivity contribution in [3.63, 3.8) is 0 Å². The number of carbonyl (C=O) groups excluding carboxylic acids is 1. The van der Waals surface area contributed by atoms with Crippen LogP contribution in [0.5, 0.6) is 0 Å². The van der Waals surface area contributed by atoms with Crippen molar-refractivity contribution in [2.45, 2.75) is 5.66 Å². The number of nitrogen functional groups attached to an aromatic ring is 1. The normalized spacial score (nSPS) is 14.9. The zero-order valence-electron chi connectivity index (χ0n) is 14.4. The highest BCUT2D eigenvalue weighted by atomic mass is 35.5. The molecule has 1 amide bonds. The van der Waals surface area contributed by atoms with Crippen molar-refractivity contribution in [1.29, 1.82) is 0 Å². The SMILES string of the molecule is CP(=O)(O)C(C(=O)N/C=C/c1cccc(Cl)c1)c1csc2ccc(N)cc12. The molecule has 0 radical (unpaired) electrons. The maximum Gasteiger partial charge on any atom is 0.241 e. The second-order valence-electron chi connectivity index (χ2n) is 6.19. The number of anilines is 1. The molecule has 2 atom stereocenters. The lowest BCUT2D eigenvalue weighted by atomic mass is 10.1. The van der Waals surface area contributed by atoms with E-state index in [9.17, 15) is 14.3 Å². The van der Waals surface area contributed by atoms with Gasteiger partial charge in [0.25, 0.3) is 0 Å². The van der Waals surface area contributed by atoms with Gasteiger partial charge in [-0.2, -0.15) is 0 Å². The Bertz CT molecular complexity index is 1070. The Morgan fingerprint density at radius 2 is 2.11 bits per heavy atom. The maximum atomic E-state index is 12.7. The number of carbonyl (C=O) groups is 1. The Labute approximate surface area is 165 Å². The van der Waals surface area contributed by atoms with Crippen molar-refractivity contribution in [2.75, 3.05) is 12.4 Å². The number of fused-ring (bicyclic) bond motifs is 1. The summed E-state index contributed by atoms with van der Waals surface area (Å²) in [5.41, 5.74) is 6.50. The van der Waals surface area contributed by atoms with Crippen LogP contribution in [0.25, 0.3) is 16.2 Å². The second-order valence-corrected chi connectivity index (χ2v) is 9.94. The number of halogens is 1. The molecule has 0 aliphatic heterocycles. The van der Waals surface area contributed by atoms with E-state index in [0.717, 1.165) is 15.6 Å². The summed E-state index contributed by atoms with van der Waals surface area (Å²) in [6, 6.07) is 12.4. The third-order valence-electron chi connectivity index (χ3n) is 4.00. The van der Waals surface area contributed by atoms with Crippen LogP contribution >= 0.6 is 30.3 Å². The lowest BCUT2D eigenvalue weighted by Gasteiger charge is -2.18. The van der Waals surface area contributed by atoms with Gasteiger partial charge in [-0.3, -0.25) is 9.36 Å². The van der Waals surface area contributed by atoms with Crippen molar-refractivity contribution in [3.8, 4) is 0 Å². The highest BCUT2D eigenvalue weighted by Gasteiger charge is 2.35. The molecule has 2 unspecified atom stereocenters. The zero-order valence-corrected chi connectivity index (χ0v) is 16.9. The van der Waals surface area contributed by atoms with E-state index in [1.165, 1.54) is 24.2 Å². The molecule has 2 aromatic carbocycles. The summed E-state index contributed by atoms with van der Waals surface area (Å²) in [4.78, 5) is 23.0. The molecule has 0 saturated carbocycles. The number of hydrogen-bond acceptors (Lipinski definition) is 4. The van der Waals surface area contributed by atoms with Crippen molar-refractivity contribution >= 4 is 58.1 Å². The van der Waals surface area contributed by atoms with E-state index >= 15 is 0 Å². The minimum Gasteiger partial charge on any atom is -0.399 e. The Balaban J connectivity index is 1.89. The van der Waals surface area contributed by atoms with Crippen LogP contribution in [0.3, 0.4) is 0 Å². The van der Waals surface area contributed by atoms with Gasteiger partial charge in [-0.05, 0) is 58.3 Å². The predicted octanol–water partition coefficient (Wildman–Crippen LogP) is 4.87. The van der Waals surface area contributed by atoms with Gasteiger partial charge < -0.3 is 15.9 Å². The first-order valence-corrected chi connectivity index (χ1v) is 11.5. The van der Waals surface area contributed by atoms with Gasteiger partial charge in [-0.15, -0.1) is 11.3 Å². The van der Waals surface area contributed by atoms with Gasteiger partial charge in [0.2, 0.25) is 13.3 Å². The number of nitrogens with two attached hydrogens (primary N) is 1. The van der Waals surface area contributed by atoms with Gasteiger partial charge in [0, 0.05) is 28.3 Å². The van der Waals surface area contributed by atoms with Crippen LogP contribution in [0.1, 0.15) is 16.8 Å². The van der Waals surface area contributed by atoms with Gasteiger partial charge in [0.15, 0.2) is 0 Å². The Morgan fingerprint density at radius 3 is 2.81 bits per heavy atom. The van der Waals surface area contributed by atoms with Gasteiger partial charge >= 0.3 is 0 Å². The summed E-state index contributed by atoms with van der Waals surface area (Å²) < 4.78 is 13.4. The topological polar surface area (TPSA) is 92.4 Å². The fourth-order valence-corrected chi connectivity index (χ4v) is 5.31. The highest BCUT2D eigenvalue weighted by molar-refractivity contribution is 7.58. The average Bonchev–Trinajstić information content (AvgIpc) is 2.96. The molecule has 0 fully saturated rings. The largest absolute Gasteiger partial charge is 0.399 e. The lowest BCUT2D eigenvalue weighted by Crippen LogP contribution is -2.25. The Hall–Kier alpha value is -2.11. The molecule has 0 bridgehead atoms. The molecule has 1 aromatic heterocycles. The second kappa shape index (κ2) is 7.87. The Morgan fingerprint density at radius 1 is 1.33 bits per heavy atom. The van der Waals surface area contributed by atoms with Crippen molar-refractivity contribution in [3.05, 3.63) is 70.2 Å². The number of amides is 1. The molecule has 0 aliphatic carbocycles. The minimum absolute atomic E-state index is 0.504. The standard InChI is InChI=1S/C19H18ClN2O3PS/c1-26(24,25)18(16-11-27-17-6-5-14(21)10-15(16)17)19(23)22-8-7-12-3-2-4-13(20)9-12/h2-11,18H,21H2,1H3,(H,22,23)(H,24,25)/b8-7+. The van der Waals surface area contributed by atoms with Crippen LogP contribution in [0.4, 0.5) is 5.69 Å². The number of thiophene rings is 1. The molecule has 5 nitrogen and oxygen atoms in total. The molecule has 1 heterocycles. The van der Waals surface area contributed by atoms with E-state index in [4.69, 9.17) is 17.3 Å². The van der Waals surface area contributed by atoms with Crippen LogP contribution in [0, 0.1) is 0 Å². The minimum atomic E-state index is -3.76. The Kier molecular flexibility index (Phi) is 5.72. The van der Waals surface area contributed by atoms with E-state index in [-0.39, 0.29) is 0 Å². The number of hydrogen-bond donors (Lipinski definition) is 3. The summed E-state index contributed by atoms with van der Waals surface area (Å²) in [7, 11) is -3.76. The summed E-state index contributed by atoms with van der Waals surface area (Å²) in [6.45, 7) is 1.19. The molecule has 0 saturated heterocycles. The van der Waals surface area contributed by atoms with Gasteiger partial charge in [-0.25, -0.2) is 0 Å². The van der Waals surface area contributed by atoms with Gasteiger partial charge in [0.1, 0.15) is 5.66 Å². The molecule has 0 aliphatic rings. The van der Waals surface area contributed by atoms with Crippen molar-refractivity contribution < 1.29 is 14.3 Å². The molecular formula is C19H18ClN2O3PS. The molecule has 27 heavy (non-hydrogen) atoms. The summed E-state index contributed by atoms with van der Waals surface area (Å²) in [6.07, 6.45) is 3.11. The smallest absolute Gasteiger partial charge is 0.241 e. The highest BCUT2D eigenvalue weighted by Crippen LogP contribution is 2.54. The first kappa shape index (κ1) is 19.6. The van der Waals surface area contributed by atoms with E-state index < -0.39 is 18.9 Å². The zero-order chi connectivity index (χ0) is 19.6. The number of rotatable bonds is 5. The van der Waals surface area contributed by atoms with E-state index in [0.29, 0.717) is 16.3 Å². The van der Waals surface area contributed by atoms with Crippen LogP contribution in [-0.2, 0) is 9.36 Å². The van der Waals surface area contributed by atoms with Crippen molar-refractivity contribution in [1.82, 2.24) is 5.32 Å². The molecule has 4 N–H and O–H groups in total. The molecule has 8 heteroatoms. The lowest BCUT2D eigenvalue weighted by molar-refractivity contribution is -0.120. The third kappa shape index (κ3) is 4.60. The first-order chi connectivity index (χ1) is 12.8. The summed E-state index contributed by atoms with van der Waals surface area (Å²) in [5.74, 6) is -0.552. The summed E-state index contributed by atoms with van der Waals surface area (Å²) >= 11 is 7.34. The molecule has 0 spiro atoms. The van der Waals surface area contributed by atoms with Crippen LogP contribution in [-0.4, -0.2) is 17.5 Å². The van der Waals surface area contributed by atoms with Crippen molar-refractivity contribution in [2.24, 2.45) is 0 Å². The average molecular weight is 421 g/mol. The molecule has 3 aromatic rings. The third-order valence-corrected chi connectivity index (χ3v) is 6.69. The van der Waals surface area contributed by atoms with Crippen LogP contribution < -0.4 is 11.1 Å². The van der Waals surface area contributed by atoms with Crippen LogP contribution in [0.15, 0.2) is 54.0 Å². The monoisotopic (exact) mass is 420 g/mol. The van der Waals surface area contributed by atoms with E-state index in [2.05, 4.69) is 5.32 Å². The molecule has 3 rings (SSSR count). The molecule has 140 valence electrons. The fraction of sp³-hybridized carbons (Fsp3) is 0.105. The maximum absolute atomic E-state index is 12.7. The van der Waals surface area contributed by atoms with Gasteiger partial charge in [0.05, 0.1) is 0 Å². The summed E-state index contributed by atoms with van der Waals surface area (Å²) in [5, 5.41) is 5.64. The number of benzene rings is 2. The van der Waals surface area contributed by atoms with Gasteiger partial charge in [-0.1, -0.05) is 23.7 Å². The van der Waals surface area contributed by atoms with E-state index in [1.54, 1.807) is 41.8 Å².